The van der Waals surface area contributed by atoms with Crippen LogP contribution in [-0.4, -0.2) is 51.7 Å². The lowest BCUT2D eigenvalue weighted by atomic mass is 9.98. The number of carboxylic acid groups (broad SMARTS) is 1. The van der Waals surface area contributed by atoms with Crippen molar-refractivity contribution in [3.63, 3.8) is 0 Å². The van der Waals surface area contributed by atoms with Gasteiger partial charge in [-0.2, -0.15) is 0 Å². The van der Waals surface area contributed by atoms with Crippen LogP contribution in [0.1, 0.15) is 77.0 Å². The number of aliphatic carboxylic acids is 1. The van der Waals surface area contributed by atoms with Gasteiger partial charge in [0.1, 0.15) is 6.04 Å². The average molecular weight is 368 g/mol. The Balaban J connectivity index is 1.69. The molecule has 1 heterocycles. The van der Waals surface area contributed by atoms with Crippen LogP contribution in [0.4, 0.5) is 4.79 Å². The predicted molar refractivity (Wildman–Crippen MR) is 96.6 cm³/mol. The number of unbranched alkanes of at least 4 members (excludes halogenated alkanes) is 3. The maximum atomic E-state index is 12.0. The van der Waals surface area contributed by atoms with Crippen molar-refractivity contribution in [3.05, 3.63) is 0 Å². The summed E-state index contributed by atoms with van der Waals surface area (Å²) in [6, 6.07) is -0.820. The highest BCUT2D eigenvalue weighted by molar-refractivity contribution is 6.04. The van der Waals surface area contributed by atoms with Gasteiger partial charge in [0, 0.05) is 13.0 Å². The molecule has 26 heavy (non-hydrogen) atoms. The Morgan fingerprint density at radius 2 is 1.85 bits per heavy atom. The highest BCUT2D eigenvalue weighted by Crippen LogP contribution is 2.29. The standard InChI is InChI=1S/C19H32N2O5/c22-15(13-14-7-5-6-8-14)11-12-21-16(18(25)20-19(21)26)9-3-1-2-4-10-17(23)24/h14-16,22H,1-13H2,(H,23,24)(H,20,25,26). The molecule has 2 atom stereocenters. The fourth-order valence-corrected chi connectivity index (χ4v) is 4.09. The van der Waals surface area contributed by atoms with Crippen molar-refractivity contribution in [2.75, 3.05) is 6.54 Å². The van der Waals surface area contributed by atoms with Crippen molar-refractivity contribution in [1.82, 2.24) is 10.2 Å². The molecule has 0 aromatic heterocycles. The first-order valence-electron chi connectivity index (χ1n) is 9.98. The van der Waals surface area contributed by atoms with E-state index in [-0.39, 0.29) is 18.4 Å². The van der Waals surface area contributed by atoms with Gasteiger partial charge in [-0.15, -0.1) is 0 Å². The Kier molecular flexibility index (Phi) is 8.35. The Morgan fingerprint density at radius 3 is 2.54 bits per heavy atom. The SMILES string of the molecule is O=C(O)CCCCCCC1C(=O)NC(=O)N1CCC(O)CC1CCCC1. The van der Waals surface area contributed by atoms with Gasteiger partial charge in [-0.3, -0.25) is 14.9 Å². The molecular formula is C19H32N2O5. The van der Waals surface area contributed by atoms with Crippen molar-refractivity contribution in [2.24, 2.45) is 5.92 Å². The summed E-state index contributed by atoms with van der Waals surface area (Å²) in [6.07, 6.45) is 9.59. The van der Waals surface area contributed by atoms with Gasteiger partial charge in [-0.25, -0.2) is 4.79 Å². The van der Waals surface area contributed by atoms with Crippen molar-refractivity contribution in [1.29, 1.82) is 0 Å². The number of carbonyl (C=O) groups excluding carboxylic acids is 2. The summed E-state index contributed by atoms with van der Waals surface area (Å²) in [4.78, 5) is 36.1. The lowest BCUT2D eigenvalue weighted by molar-refractivity contribution is -0.137. The first-order valence-corrected chi connectivity index (χ1v) is 9.98. The number of hydrogen-bond acceptors (Lipinski definition) is 4. The van der Waals surface area contributed by atoms with Crippen LogP contribution in [0.2, 0.25) is 0 Å². The molecule has 1 aliphatic carbocycles. The minimum Gasteiger partial charge on any atom is -0.481 e. The molecule has 148 valence electrons. The van der Waals surface area contributed by atoms with E-state index < -0.39 is 18.1 Å². The monoisotopic (exact) mass is 368 g/mol. The largest absolute Gasteiger partial charge is 0.481 e. The molecule has 2 unspecified atom stereocenters. The summed E-state index contributed by atoms with van der Waals surface area (Å²) >= 11 is 0. The number of aliphatic hydroxyl groups excluding tert-OH is 1. The molecule has 0 aromatic carbocycles. The summed E-state index contributed by atoms with van der Waals surface area (Å²) in [5, 5.41) is 21.2. The molecule has 2 aliphatic rings. The Bertz CT molecular complexity index is 490. The van der Waals surface area contributed by atoms with Crippen LogP contribution in [0.5, 0.6) is 0 Å². The molecule has 1 saturated carbocycles. The second-order valence-electron chi connectivity index (χ2n) is 7.68. The zero-order chi connectivity index (χ0) is 18.9. The number of imide groups is 1. The molecule has 2 rings (SSSR count). The second kappa shape index (κ2) is 10.5. The molecular weight excluding hydrogens is 336 g/mol. The topological polar surface area (TPSA) is 107 Å². The van der Waals surface area contributed by atoms with Gasteiger partial charge in [-0.05, 0) is 31.6 Å². The summed E-state index contributed by atoms with van der Waals surface area (Å²) in [5.74, 6) is -0.445. The molecule has 3 N–H and O–H groups in total. The Labute approximate surface area is 155 Å². The van der Waals surface area contributed by atoms with Gasteiger partial charge >= 0.3 is 12.0 Å². The summed E-state index contributed by atoms with van der Waals surface area (Å²) in [7, 11) is 0. The van der Waals surface area contributed by atoms with Gasteiger partial charge in [0.25, 0.3) is 5.91 Å². The summed E-state index contributed by atoms with van der Waals surface area (Å²) < 4.78 is 0. The quantitative estimate of drug-likeness (QED) is 0.363. The van der Waals surface area contributed by atoms with Crippen LogP contribution in [0, 0.1) is 5.92 Å². The lowest BCUT2D eigenvalue weighted by Gasteiger charge is -2.24. The molecule has 1 saturated heterocycles. The zero-order valence-corrected chi connectivity index (χ0v) is 15.5. The third kappa shape index (κ3) is 6.59. The van der Waals surface area contributed by atoms with Crippen LogP contribution in [-0.2, 0) is 9.59 Å². The molecule has 3 amide bonds. The van der Waals surface area contributed by atoms with Crippen LogP contribution in [0.15, 0.2) is 0 Å². The Morgan fingerprint density at radius 1 is 1.15 bits per heavy atom. The molecule has 2 fully saturated rings. The fraction of sp³-hybridized carbons (Fsp3) is 0.842. The molecule has 0 radical (unpaired) electrons. The number of carbonyl (C=O) groups is 3. The van der Waals surface area contributed by atoms with E-state index >= 15 is 0 Å². The Hall–Kier alpha value is -1.63. The van der Waals surface area contributed by atoms with Gasteiger partial charge in [0.15, 0.2) is 0 Å². The van der Waals surface area contributed by atoms with E-state index in [1.165, 1.54) is 25.7 Å². The number of rotatable bonds is 12. The lowest BCUT2D eigenvalue weighted by Crippen LogP contribution is -2.37. The molecule has 0 aromatic rings. The third-order valence-electron chi connectivity index (χ3n) is 5.57. The summed E-state index contributed by atoms with van der Waals surface area (Å²) in [5.41, 5.74) is 0. The average Bonchev–Trinajstić information content (AvgIpc) is 3.17. The van der Waals surface area contributed by atoms with Crippen molar-refractivity contribution < 1.29 is 24.6 Å². The molecule has 0 spiro atoms. The number of amides is 3. The van der Waals surface area contributed by atoms with Crippen LogP contribution in [0.3, 0.4) is 0 Å². The number of urea groups is 1. The maximum absolute atomic E-state index is 12.0. The van der Waals surface area contributed by atoms with Gasteiger partial charge in [0.2, 0.25) is 0 Å². The minimum absolute atomic E-state index is 0.174. The number of hydrogen-bond donors (Lipinski definition) is 3. The fourth-order valence-electron chi connectivity index (χ4n) is 4.09. The van der Waals surface area contributed by atoms with E-state index in [9.17, 15) is 19.5 Å². The van der Waals surface area contributed by atoms with E-state index in [1.807, 2.05) is 0 Å². The second-order valence-corrected chi connectivity index (χ2v) is 7.68. The van der Waals surface area contributed by atoms with E-state index in [1.54, 1.807) is 4.90 Å². The number of nitrogens with one attached hydrogen (secondary N) is 1. The predicted octanol–water partition coefficient (Wildman–Crippen LogP) is 2.66. The number of nitrogens with zero attached hydrogens (tertiary/aromatic N) is 1. The first-order chi connectivity index (χ1) is 12.5. The van der Waals surface area contributed by atoms with Crippen LogP contribution < -0.4 is 5.32 Å². The molecule has 7 heteroatoms. The van der Waals surface area contributed by atoms with Crippen molar-refractivity contribution in [2.45, 2.75) is 89.2 Å². The van der Waals surface area contributed by atoms with Crippen LogP contribution >= 0.6 is 0 Å². The molecule has 7 nitrogen and oxygen atoms in total. The van der Waals surface area contributed by atoms with Crippen molar-refractivity contribution >= 4 is 17.9 Å². The number of aliphatic hydroxyl groups is 1. The first kappa shape index (κ1) is 20.7. The molecule has 1 aliphatic heterocycles. The van der Waals surface area contributed by atoms with E-state index in [0.717, 1.165) is 25.7 Å². The maximum Gasteiger partial charge on any atom is 0.324 e. The van der Waals surface area contributed by atoms with Gasteiger partial charge in [-0.1, -0.05) is 44.9 Å². The molecule has 0 bridgehead atoms. The zero-order valence-electron chi connectivity index (χ0n) is 15.5. The smallest absolute Gasteiger partial charge is 0.324 e. The highest BCUT2D eigenvalue weighted by atomic mass is 16.4. The van der Waals surface area contributed by atoms with Gasteiger partial charge < -0.3 is 15.1 Å². The highest BCUT2D eigenvalue weighted by Gasteiger charge is 2.37. The normalized spacial score (nSPS) is 22.0. The van der Waals surface area contributed by atoms with E-state index in [0.29, 0.717) is 31.7 Å². The van der Waals surface area contributed by atoms with Crippen molar-refractivity contribution in [3.8, 4) is 0 Å². The number of carboxylic acids is 1. The minimum atomic E-state index is -0.784. The van der Waals surface area contributed by atoms with E-state index in [4.69, 9.17) is 5.11 Å². The summed E-state index contributed by atoms with van der Waals surface area (Å²) in [6.45, 7) is 0.398. The van der Waals surface area contributed by atoms with E-state index in [2.05, 4.69) is 5.32 Å². The van der Waals surface area contributed by atoms with Crippen LogP contribution in [0.25, 0.3) is 0 Å². The third-order valence-corrected chi connectivity index (χ3v) is 5.57. The van der Waals surface area contributed by atoms with Gasteiger partial charge in [0.05, 0.1) is 6.10 Å².